The van der Waals surface area contributed by atoms with Gasteiger partial charge in [0.15, 0.2) is 0 Å². The van der Waals surface area contributed by atoms with Gasteiger partial charge in [-0.25, -0.2) is 0 Å². The molecule has 1 aliphatic rings. The highest BCUT2D eigenvalue weighted by molar-refractivity contribution is 7.59. The van der Waals surface area contributed by atoms with E-state index in [-0.39, 0.29) is 0 Å². The summed E-state index contributed by atoms with van der Waals surface area (Å²) in [6.45, 7) is 2.19. The van der Waals surface area contributed by atoms with Crippen LogP contribution in [-0.4, -0.2) is 29.5 Å². The van der Waals surface area contributed by atoms with Gasteiger partial charge in [0.2, 0.25) is 7.37 Å². The lowest BCUT2D eigenvalue weighted by atomic mass is 9.94. The first-order chi connectivity index (χ1) is 11.6. The highest BCUT2D eigenvalue weighted by atomic mass is 31.2. The minimum Gasteiger partial charge on any atom is -0.481 e. The smallest absolute Gasteiger partial charge is 0.307 e. The fourth-order valence-corrected chi connectivity index (χ4v) is 6.34. The number of aryl methyl sites for hydroxylation is 1. The Morgan fingerprint density at radius 2 is 1.92 bits per heavy atom. The molecule has 132 valence electrons. The summed E-state index contributed by atoms with van der Waals surface area (Å²) in [6, 6.07) is 10.2. The number of hydrogen-bond donors (Lipinski definition) is 1. The van der Waals surface area contributed by atoms with Gasteiger partial charge in [0.05, 0.1) is 18.2 Å². The lowest BCUT2D eigenvalue weighted by molar-refractivity contribution is -0.141. The molecule has 1 N–H and O–H groups in total. The quantitative estimate of drug-likeness (QED) is 0.397. The number of carbonyl (C=O) groups is 1. The zero-order valence-corrected chi connectivity index (χ0v) is 15.2. The van der Waals surface area contributed by atoms with Crippen LogP contribution in [0.3, 0.4) is 0 Å². The first-order valence-electron chi connectivity index (χ1n) is 8.72. The Morgan fingerprint density at radius 1 is 1.21 bits per heavy atom. The predicted octanol–water partition coefficient (Wildman–Crippen LogP) is 4.74. The lowest BCUT2D eigenvalue weighted by Gasteiger charge is -2.32. The van der Waals surface area contributed by atoms with Crippen LogP contribution >= 0.6 is 7.37 Å². The maximum Gasteiger partial charge on any atom is 0.307 e. The van der Waals surface area contributed by atoms with E-state index in [1.807, 2.05) is 37.3 Å². The highest BCUT2D eigenvalue weighted by Gasteiger charge is 2.42. The Labute approximate surface area is 144 Å². The SMILES string of the molecule is CCOP(=O)(CCCCc1ccccc1)[C@H]1CC=CC[C@@H]1C(=O)O. The van der Waals surface area contributed by atoms with E-state index in [0.717, 1.165) is 19.3 Å². The molecular weight excluding hydrogens is 323 g/mol. The van der Waals surface area contributed by atoms with Gasteiger partial charge in [-0.2, -0.15) is 0 Å². The monoisotopic (exact) mass is 350 g/mol. The molecule has 24 heavy (non-hydrogen) atoms. The molecule has 0 bridgehead atoms. The van der Waals surface area contributed by atoms with Gasteiger partial charge in [-0.15, -0.1) is 0 Å². The Hall–Kier alpha value is -1.38. The summed E-state index contributed by atoms with van der Waals surface area (Å²) < 4.78 is 19.0. The summed E-state index contributed by atoms with van der Waals surface area (Å²) in [5.41, 5.74) is 0.879. The van der Waals surface area contributed by atoms with E-state index < -0.39 is 24.9 Å². The number of rotatable bonds is 9. The molecule has 0 spiro atoms. The Morgan fingerprint density at radius 3 is 2.58 bits per heavy atom. The van der Waals surface area contributed by atoms with Crippen LogP contribution in [-0.2, 0) is 20.3 Å². The molecule has 3 atom stereocenters. The minimum absolute atomic E-state index is 0.364. The van der Waals surface area contributed by atoms with Crippen LogP contribution in [0.5, 0.6) is 0 Å². The molecule has 1 aromatic carbocycles. The van der Waals surface area contributed by atoms with Crippen LogP contribution in [0.25, 0.3) is 0 Å². The molecule has 1 unspecified atom stereocenters. The summed E-state index contributed by atoms with van der Waals surface area (Å²) in [6.07, 6.45) is 7.94. The number of aliphatic carboxylic acids is 1. The largest absolute Gasteiger partial charge is 0.481 e. The summed E-state index contributed by atoms with van der Waals surface area (Å²) in [5, 5.41) is 9.45. The molecule has 0 fully saturated rings. The number of hydrogen-bond acceptors (Lipinski definition) is 3. The topological polar surface area (TPSA) is 63.6 Å². The maximum absolute atomic E-state index is 13.4. The van der Waals surface area contributed by atoms with Crippen molar-refractivity contribution in [3.8, 4) is 0 Å². The average molecular weight is 350 g/mol. The van der Waals surface area contributed by atoms with Crippen molar-refractivity contribution in [2.75, 3.05) is 12.8 Å². The number of unbranched alkanes of at least 4 members (excludes halogenated alkanes) is 1. The molecule has 0 amide bonds. The molecule has 1 aromatic rings. The summed E-state index contributed by atoms with van der Waals surface area (Å²) in [4.78, 5) is 11.5. The van der Waals surface area contributed by atoms with Gasteiger partial charge >= 0.3 is 5.97 Å². The zero-order chi connectivity index (χ0) is 17.4. The second-order valence-electron chi connectivity index (χ2n) is 6.27. The third-order valence-electron chi connectivity index (χ3n) is 4.60. The van der Waals surface area contributed by atoms with Gasteiger partial charge in [0, 0.05) is 6.16 Å². The third-order valence-corrected chi connectivity index (χ3v) is 7.81. The highest BCUT2D eigenvalue weighted by Crippen LogP contribution is 2.58. The standard InChI is InChI=1S/C19H27O4P/c1-2-23-24(22,18-14-7-6-13-17(18)19(20)21)15-9-8-12-16-10-4-3-5-11-16/h3-7,10-11,17-18H,2,8-9,12-15H2,1H3,(H,20,21)/t17-,18-,24?/m0/s1. The van der Waals surface area contributed by atoms with Crippen LogP contribution in [0.2, 0.25) is 0 Å². The van der Waals surface area contributed by atoms with E-state index in [2.05, 4.69) is 12.1 Å². The molecule has 5 heteroatoms. The van der Waals surface area contributed by atoms with E-state index in [0.29, 0.717) is 25.6 Å². The van der Waals surface area contributed by atoms with Crippen LogP contribution in [0, 0.1) is 5.92 Å². The van der Waals surface area contributed by atoms with Gasteiger partial charge < -0.3 is 9.63 Å². The number of carboxylic acid groups (broad SMARTS) is 1. The van der Waals surface area contributed by atoms with Gasteiger partial charge in [-0.05, 0) is 44.6 Å². The van der Waals surface area contributed by atoms with E-state index >= 15 is 0 Å². The summed E-state index contributed by atoms with van der Waals surface area (Å²) >= 11 is 0. The first kappa shape index (κ1) is 19.0. The summed E-state index contributed by atoms with van der Waals surface area (Å²) in [7, 11) is -2.96. The van der Waals surface area contributed by atoms with Crippen LogP contribution in [0.15, 0.2) is 42.5 Å². The van der Waals surface area contributed by atoms with Gasteiger partial charge in [-0.1, -0.05) is 42.5 Å². The second kappa shape index (κ2) is 9.19. The van der Waals surface area contributed by atoms with Gasteiger partial charge in [-0.3, -0.25) is 9.36 Å². The molecule has 0 saturated carbocycles. The first-order valence-corrected chi connectivity index (χ1v) is 10.6. The van der Waals surface area contributed by atoms with Crippen molar-refractivity contribution in [1.29, 1.82) is 0 Å². The van der Waals surface area contributed by atoms with E-state index in [4.69, 9.17) is 4.52 Å². The Bertz CT molecular complexity index is 597. The fraction of sp³-hybridized carbons (Fsp3) is 0.526. The van der Waals surface area contributed by atoms with Crippen molar-refractivity contribution in [1.82, 2.24) is 0 Å². The number of carboxylic acids is 1. The van der Waals surface area contributed by atoms with Crippen molar-refractivity contribution in [3.05, 3.63) is 48.0 Å². The van der Waals surface area contributed by atoms with Crippen molar-refractivity contribution >= 4 is 13.3 Å². The molecule has 2 rings (SSSR count). The molecule has 0 aromatic heterocycles. The van der Waals surface area contributed by atoms with E-state index in [9.17, 15) is 14.5 Å². The average Bonchev–Trinajstić information content (AvgIpc) is 2.60. The van der Waals surface area contributed by atoms with Crippen LogP contribution in [0.1, 0.15) is 38.2 Å². The molecular formula is C19H27O4P. The second-order valence-corrected chi connectivity index (χ2v) is 9.09. The third kappa shape index (κ3) is 5.06. The number of allylic oxidation sites excluding steroid dienone is 2. The van der Waals surface area contributed by atoms with E-state index in [1.165, 1.54) is 5.56 Å². The van der Waals surface area contributed by atoms with E-state index in [1.54, 1.807) is 0 Å². The van der Waals surface area contributed by atoms with Crippen molar-refractivity contribution in [3.63, 3.8) is 0 Å². The van der Waals surface area contributed by atoms with Gasteiger partial charge in [0.1, 0.15) is 0 Å². The van der Waals surface area contributed by atoms with Crippen LogP contribution in [0.4, 0.5) is 0 Å². The van der Waals surface area contributed by atoms with Crippen molar-refractivity contribution < 1.29 is 19.0 Å². The normalized spacial score (nSPS) is 22.9. The molecule has 1 aliphatic carbocycles. The van der Waals surface area contributed by atoms with Crippen molar-refractivity contribution in [2.45, 2.75) is 44.7 Å². The molecule has 0 heterocycles. The zero-order valence-electron chi connectivity index (χ0n) is 14.3. The Balaban J connectivity index is 1.97. The summed E-state index contributed by atoms with van der Waals surface area (Å²) in [5.74, 6) is -1.46. The fourth-order valence-electron chi connectivity index (χ4n) is 3.35. The molecule has 0 saturated heterocycles. The lowest BCUT2D eigenvalue weighted by Crippen LogP contribution is -2.31. The molecule has 4 nitrogen and oxygen atoms in total. The minimum atomic E-state index is -2.96. The molecule has 0 aliphatic heterocycles. The Kier molecular flexibility index (Phi) is 7.26. The van der Waals surface area contributed by atoms with Crippen LogP contribution < -0.4 is 0 Å². The van der Waals surface area contributed by atoms with Gasteiger partial charge in [0.25, 0.3) is 0 Å². The molecule has 0 radical (unpaired) electrons. The predicted molar refractivity (Wildman–Crippen MR) is 96.8 cm³/mol. The maximum atomic E-state index is 13.4. The van der Waals surface area contributed by atoms with Crippen molar-refractivity contribution in [2.24, 2.45) is 5.92 Å². The number of benzene rings is 1.